The van der Waals surface area contributed by atoms with Crippen molar-refractivity contribution in [2.45, 2.75) is 52.2 Å². The van der Waals surface area contributed by atoms with Gasteiger partial charge in [0.15, 0.2) is 0 Å². The normalized spacial score (nSPS) is 13.9. The van der Waals surface area contributed by atoms with Crippen LogP contribution in [0.1, 0.15) is 40.5 Å². The smallest absolute Gasteiger partial charge is 0.239 e. The van der Waals surface area contributed by atoms with Crippen LogP contribution in [0.2, 0.25) is 0 Å². The Kier molecular flexibility index (Phi) is 6.60. The standard InChI is InChI=1S/C12H26N2O2/c1-6-9(7-2)10(15)8-14-11(16)12(3,4)13-5/h9-10,13,15H,6-8H2,1-5H3,(H,14,16). The molecular weight excluding hydrogens is 204 g/mol. The lowest BCUT2D eigenvalue weighted by Crippen LogP contribution is -2.52. The van der Waals surface area contributed by atoms with Crippen LogP contribution >= 0.6 is 0 Å². The Balaban J connectivity index is 4.10. The molecule has 0 saturated carbocycles. The summed E-state index contributed by atoms with van der Waals surface area (Å²) in [5.74, 6) is 0.179. The molecule has 0 saturated heterocycles. The zero-order valence-electron chi connectivity index (χ0n) is 11.1. The molecule has 0 fully saturated rings. The molecule has 0 aromatic heterocycles. The second-order valence-corrected chi connectivity index (χ2v) is 4.73. The van der Waals surface area contributed by atoms with Crippen molar-refractivity contribution in [2.24, 2.45) is 5.92 Å². The molecule has 0 aromatic rings. The molecule has 0 aliphatic heterocycles. The molecule has 0 spiro atoms. The number of amides is 1. The van der Waals surface area contributed by atoms with E-state index in [0.29, 0.717) is 6.54 Å². The van der Waals surface area contributed by atoms with E-state index in [1.807, 2.05) is 13.8 Å². The van der Waals surface area contributed by atoms with Gasteiger partial charge in [-0.05, 0) is 26.8 Å². The van der Waals surface area contributed by atoms with Gasteiger partial charge in [0.05, 0.1) is 11.6 Å². The summed E-state index contributed by atoms with van der Waals surface area (Å²) in [7, 11) is 1.75. The van der Waals surface area contributed by atoms with Crippen LogP contribution in [0, 0.1) is 5.92 Å². The van der Waals surface area contributed by atoms with Crippen molar-refractivity contribution in [3.8, 4) is 0 Å². The number of nitrogens with one attached hydrogen (secondary N) is 2. The molecule has 16 heavy (non-hydrogen) atoms. The van der Waals surface area contributed by atoms with Crippen LogP contribution in [0.5, 0.6) is 0 Å². The Labute approximate surface area is 98.8 Å². The predicted molar refractivity (Wildman–Crippen MR) is 66.2 cm³/mol. The monoisotopic (exact) mass is 230 g/mol. The van der Waals surface area contributed by atoms with Gasteiger partial charge in [-0.3, -0.25) is 4.79 Å². The lowest BCUT2D eigenvalue weighted by Gasteiger charge is -2.25. The lowest BCUT2D eigenvalue weighted by atomic mass is 9.96. The third kappa shape index (κ3) is 4.49. The second kappa shape index (κ2) is 6.86. The second-order valence-electron chi connectivity index (χ2n) is 4.73. The van der Waals surface area contributed by atoms with Crippen LogP contribution in [0.25, 0.3) is 0 Å². The van der Waals surface area contributed by atoms with Crippen molar-refractivity contribution in [2.75, 3.05) is 13.6 Å². The van der Waals surface area contributed by atoms with Gasteiger partial charge in [-0.25, -0.2) is 0 Å². The SMILES string of the molecule is CCC(CC)C(O)CNC(=O)C(C)(C)NC. The maximum absolute atomic E-state index is 11.7. The van der Waals surface area contributed by atoms with Gasteiger partial charge >= 0.3 is 0 Å². The van der Waals surface area contributed by atoms with Crippen molar-refractivity contribution in [1.29, 1.82) is 0 Å². The lowest BCUT2D eigenvalue weighted by molar-refractivity contribution is -0.126. The number of aliphatic hydroxyl groups is 1. The van der Waals surface area contributed by atoms with E-state index in [1.165, 1.54) is 0 Å². The molecule has 0 rings (SSSR count). The molecule has 0 bridgehead atoms. The fourth-order valence-electron chi connectivity index (χ4n) is 1.53. The van der Waals surface area contributed by atoms with Crippen molar-refractivity contribution in [1.82, 2.24) is 10.6 Å². The largest absolute Gasteiger partial charge is 0.391 e. The van der Waals surface area contributed by atoms with Gasteiger partial charge in [-0.2, -0.15) is 0 Å². The van der Waals surface area contributed by atoms with Gasteiger partial charge in [0, 0.05) is 6.54 Å². The Morgan fingerprint density at radius 2 is 1.81 bits per heavy atom. The molecule has 3 N–H and O–H groups in total. The van der Waals surface area contributed by atoms with Crippen LogP contribution in [0.4, 0.5) is 0 Å². The molecule has 4 nitrogen and oxygen atoms in total. The molecule has 0 radical (unpaired) electrons. The Hall–Kier alpha value is -0.610. The summed E-state index contributed by atoms with van der Waals surface area (Å²) >= 11 is 0. The third-order valence-electron chi connectivity index (χ3n) is 3.26. The maximum Gasteiger partial charge on any atom is 0.239 e. The Morgan fingerprint density at radius 3 is 2.19 bits per heavy atom. The Bertz CT molecular complexity index is 213. The summed E-state index contributed by atoms with van der Waals surface area (Å²) in [6.45, 7) is 8.06. The van der Waals surface area contributed by atoms with Gasteiger partial charge < -0.3 is 15.7 Å². The topological polar surface area (TPSA) is 61.4 Å². The van der Waals surface area contributed by atoms with Gasteiger partial charge in [0.25, 0.3) is 0 Å². The number of hydrogen-bond donors (Lipinski definition) is 3. The highest BCUT2D eigenvalue weighted by Gasteiger charge is 2.26. The van der Waals surface area contributed by atoms with E-state index < -0.39 is 11.6 Å². The minimum absolute atomic E-state index is 0.0833. The van der Waals surface area contributed by atoms with Crippen LogP contribution in [-0.4, -0.2) is 36.2 Å². The number of rotatable bonds is 7. The van der Waals surface area contributed by atoms with E-state index in [-0.39, 0.29) is 11.8 Å². The zero-order valence-corrected chi connectivity index (χ0v) is 11.1. The predicted octanol–water partition coefficient (Wildman–Crippen LogP) is 0.898. The maximum atomic E-state index is 11.7. The van der Waals surface area contributed by atoms with Crippen LogP contribution in [-0.2, 0) is 4.79 Å². The van der Waals surface area contributed by atoms with Crippen molar-refractivity contribution in [3.05, 3.63) is 0 Å². The van der Waals surface area contributed by atoms with Crippen LogP contribution in [0.3, 0.4) is 0 Å². The number of aliphatic hydroxyl groups excluding tert-OH is 1. The van der Waals surface area contributed by atoms with E-state index in [1.54, 1.807) is 7.05 Å². The first kappa shape index (κ1) is 15.4. The molecule has 1 atom stereocenters. The molecule has 0 aromatic carbocycles. The van der Waals surface area contributed by atoms with E-state index in [2.05, 4.69) is 24.5 Å². The molecule has 1 unspecified atom stereocenters. The van der Waals surface area contributed by atoms with Crippen LogP contribution < -0.4 is 10.6 Å². The average Bonchev–Trinajstić information content (AvgIpc) is 2.27. The van der Waals surface area contributed by atoms with Gasteiger partial charge in [-0.15, -0.1) is 0 Å². The fourth-order valence-corrected chi connectivity index (χ4v) is 1.53. The highest BCUT2D eigenvalue weighted by Crippen LogP contribution is 2.12. The first-order chi connectivity index (χ1) is 7.38. The Morgan fingerprint density at radius 1 is 1.31 bits per heavy atom. The molecule has 4 heteroatoms. The van der Waals surface area contributed by atoms with Crippen molar-refractivity contribution < 1.29 is 9.90 Å². The van der Waals surface area contributed by atoms with E-state index in [0.717, 1.165) is 12.8 Å². The molecule has 0 aliphatic rings. The van der Waals surface area contributed by atoms with Crippen molar-refractivity contribution in [3.63, 3.8) is 0 Å². The van der Waals surface area contributed by atoms with Crippen molar-refractivity contribution >= 4 is 5.91 Å². The molecule has 0 heterocycles. The summed E-state index contributed by atoms with van der Waals surface area (Å²) in [5, 5.41) is 15.6. The summed E-state index contributed by atoms with van der Waals surface area (Å²) in [5.41, 5.74) is -0.590. The molecule has 1 amide bonds. The molecule has 96 valence electrons. The number of hydrogen-bond acceptors (Lipinski definition) is 3. The first-order valence-corrected chi connectivity index (χ1v) is 6.04. The van der Waals surface area contributed by atoms with Crippen LogP contribution in [0.15, 0.2) is 0 Å². The fraction of sp³-hybridized carbons (Fsp3) is 0.917. The summed E-state index contributed by atoms with van der Waals surface area (Å²) in [6.07, 6.45) is 1.41. The number of carbonyl (C=O) groups excluding carboxylic acids is 1. The highest BCUT2D eigenvalue weighted by molar-refractivity contribution is 5.85. The number of likely N-dealkylation sites (N-methyl/N-ethyl adjacent to an activating group) is 1. The van der Waals surface area contributed by atoms with Gasteiger partial charge in [0.2, 0.25) is 5.91 Å². The highest BCUT2D eigenvalue weighted by atomic mass is 16.3. The van der Waals surface area contributed by atoms with Gasteiger partial charge in [0.1, 0.15) is 0 Å². The summed E-state index contributed by atoms with van der Waals surface area (Å²) in [6, 6.07) is 0. The van der Waals surface area contributed by atoms with E-state index in [4.69, 9.17) is 0 Å². The minimum atomic E-state index is -0.590. The molecular formula is C12H26N2O2. The number of carbonyl (C=O) groups is 1. The third-order valence-corrected chi connectivity index (χ3v) is 3.26. The minimum Gasteiger partial charge on any atom is -0.391 e. The van der Waals surface area contributed by atoms with E-state index >= 15 is 0 Å². The average molecular weight is 230 g/mol. The zero-order chi connectivity index (χ0) is 12.8. The van der Waals surface area contributed by atoms with Gasteiger partial charge in [-0.1, -0.05) is 26.7 Å². The summed E-state index contributed by atoms with van der Waals surface area (Å²) in [4.78, 5) is 11.7. The quantitative estimate of drug-likeness (QED) is 0.609. The van der Waals surface area contributed by atoms with E-state index in [9.17, 15) is 9.90 Å². The molecule has 0 aliphatic carbocycles. The first-order valence-electron chi connectivity index (χ1n) is 6.04. The summed E-state index contributed by atoms with van der Waals surface area (Å²) < 4.78 is 0.